The minimum absolute atomic E-state index is 0.0680. The van der Waals surface area contributed by atoms with Gasteiger partial charge in [0, 0.05) is 23.9 Å². The number of hydrogen-bond donors (Lipinski definition) is 1. The van der Waals surface area contributed by atoms with Crippen molar-refractivity contribution in [1.29, 1.82) is 0 Å². The number of likely N-dealkylation sites (tertiary alicyclic amines) is 1. The molecule has 3 aromatic rings. The van der Waals surface area contributed by atoms with Crippen molar-refractivity contribution in [3.05, 3.63) is 74.2 Å². The summed E-state index contributed by atoms with van der Waals surface area (Å²) in [5.74, 6) is -2.19. The summed E-state index contributed by atoms with van der Waals surface area (Å²) in [4.78, 5) is 71.1. The molecular formula is C30H29N3O7S2. The third-order valence-corrected chi connectivity index (χ3v) is 10.1. The number of H-pyrrole nitrogens is 1. The molecule has 42 heavy (non-hydrogen) atoms. The Morgan fingerprint density at radius 1 is 1.00 bits per heavy atom. The largest absolute Gasteiger partial charge is 0.484 e. The van der Waals surface area contributed by atoms with E-state index in [4.69, 9.17) is 9.47 Å². The molecule has 4 heterocycles. The number of aromatic nitrogens is 1. The molecule has 3 unspecified atom stereocenters. The Morgan fingerprint density at radius 3 is 2.50 bits per heavy atom. The highest BCUT2D eigenvalue weighted by Crippen LogP contribution is 2.53. The lowest BCUT2D eigenvalue weighted by Gasteiger charge is -2.30. The first-order chi connectivity index (χ1) is 20.4. The van der Waals surface area contributed by atoms with E-state index in [1.54, 1.807) is 37.3 Å². The lowest BCUT2D eigenvalue weighted by molar-refractivity contribution is -0.134. The van der Waals surface area contributed by atoms with Crippen LogP contribution in [0.3, 0.4) is 0 Å². The molecule has 2 saturated heterocycles. The normalized spacial score (nSPS) is 21.6. The predicted octanol–water partition coefficient (Wildman–Crippen LogP) is 3.80. The van der Waals surface area contributed by atoms with Crippen LogP contribution in [0, 0.1) is 5.92 Å². The van der Waals surface area contributed by atoms with E-state index in [0.29, 0.717) is 32.5 Å². The summed E-state index contributed by atoms with van der Waals surface area (Å²) < 4.78 is 10.9. The van der Waals surface area contributed by atoms with Gasteiger partial charge in [-0.3, -0.25) is 19.2 Å². The van der Waals surface area contributed by atoms with Crippen LogP contribution >= 0.6 is 23.1 Å². The van der Waals surface area contributed by atoms with Gasteiger partial charge >= 0.3 is 10.8 Å². The number of anilines is 1. The number of nitrogens with one attached hydrogen (secondary N) is 1. The first kappa shape index (κ1) is 28.2. The quantitative estimate of drug-likeness (QED) is 0.318. The Bertz CT molecular complexity index is 1590. The van der Waals surface area contributed by atoms with Crippen LogP contribution in [0.15, 0.2) is 58.4 Å². The number of esters is 1. The average Bonchev–Trinajstić information content (AvgIpc) is 3.50. The van der Waals surface area contributed by atoms with Crippen molar-refractivity contribution in [2.45, 2.75) is 42.4 Å². The van der Waals surface area contributed by atoms with E-state index in [0.717, 1.165) is 48.6 Å². The van der Waals surface area contributed by atoms with Gasteiger partial charge in [-0.1, -0.05) is 35.2 Å². The summed E-state index contributed by atoms with van der Waals surface area (Å²) in [5.41, 5.74) is 1.39. The Labute approximate surface area is 250 Å². The number of carbonyl (C=O) groups is 4. The summed E-state index contributed by atoms with van der Waals surface area (Å²) in [7, 11) is 0. The van der Waals surface area contributed by atoms with Crippen LogP contribution in [0.25, 0.3) is 0 Å². The maximum Gasteiger partial charge on any atom is 0.338 e. The summed E-state index contributed by atoms with van der Waals surface area (Å²) in [6, 6.07) is 13.3. The van der Waals surface area contributed by atoms with Crippen LogP contribution in [0.4, 0.5) is 5.69 Å². The van der Waals surface area contributed by atoms with Crippen molar-refractivity contribution < 1.29 is 28.7 Å². The molecule has 12 heteroatoms. The Morgan fingerprint density at radius 2 is 1.76 bits per heavy atom. The topological polar surface area (TPSA) is 126 Å². The highest BCUT2D eigenvalue weighted by molar-refractivity contribution is 8.00. The van der Waals surface area contributed by atoms with Crippen molar-refractivity contribution >= 4 is 52.5 Å². The molecule has 1 N–H and O–H groups in total. The zero-order chi connectivity index (χ0) is 29.4. The van der Waals surface area contributed by atoms with Gasteiger partial charge in [-0.25, -0.2) is 9.69 Å². The van der Waals surface area contributed by atoms with Crippen LogP contribution in [0.5, 0.6) is 5.75 Å². The van der Waals surface area contributed by atoms with E-state index in [-0.39, 0.29) is 35.8 Å². The number of rotatable bonds is 7. The number of carbonyl (C=O) groups excluding carboxylic acids is 4. The standard InChI is InChI=1S/C30H29N3O7S2/c1-2-39-29(37)17-9-11-19(12-10-17)33-27(35)23-22(24-26(31-30(38)42-24)41-25(23)28(33)36)18-7-6-8-20(15-18)40-16-21(34)32-13-4-3-5-14-32/h6-12,15,22-23,25H,2-5,13-14,16H2,1H3,(H,31,38). The molecule has 0 spiro atoms. The van der Waals surface area contributed by atoms with E-state index in [2.05, 4.69) is 4.98 Å². The van der Waals surface area contributed by atoms with E-state index in [1.165, 1.54) is 23.9 Å². The molecule has 2 fully saturated rings. The summed E-state index contributed by atoms with van der Waals surface area (Å²) in [6.45, 7) is 3.33. The van der Waals surface area contributed by atoms with Gasteiger partial charge in [0.25, 0.3) is 5.91 Å². The maximum atomic E-state index is 14.0. The van der Waals surface area contributed by atoms with Gasteiger partial charge in [-0.2, -0.15) is 0 Å². The smallest absolute Gasteiger partial charge is 0.338 e. The highest BCUT2D eigenvalue weighted by Gasteiger charge is 2.56. The lowest BCUT2D eigenvalue weighted by atomic mass is 9.83. The molecule has 0 radical (unpaired) electrons. The minimum Gasteiger partial charge on any atom is -0.484 e. The molecule has 3 amide bonds. The molecule has 218 valence electrons. The molecule has 0 bridgehead atoms. The number of nitrogens with zero attached hydrogens (tertiary/aromatic N) is 2. The number of aromatic amines is 1. The number of thiazole rings is 1. The second-order valence-corrected chi connectivity index (χ2v) is 12.5. The number of imide groups is 1. The van der Waals surface area contributed by atoms with E-state index < -0.39 is 23.1 Å². The van der Waals surface area contributed by atoms with Crippen LogP contribution < -0.4 is 14.5 Å². The van der Waals surface area contributed by atoms with Gasteiger partial charge < -0.3 is 19.4 Å². The van der Waals surface area contributed by atoms with Crippen LogP contribution in [0.2, 0.25) is 0 Å². The number of benzene rings is 2. The number of piperidine rings is 1. The van der Waals surface area contributed by atoms with Gasteiger partial charge in [-0.15, -0.1) is 0 Å². The number of fused-ring (bicyclic) bond motifs is 2. The van der Waals surface area contributed by atoms with Crippen molar-refractivity contribution in [3.8, 4) is 5.75 Å². The molecule has 10 nitrogen and oxygen atoms in total. The Balaban J connectivity index is 1.29. The molecule has 3 aliphatic rings. The average molecular weight is 608 g/mol. The zero-order valence-electron chi connectivity index (χ0n) is 22.9. The van der Waals surface area contributed by atoms with E-state index in [1.807, 2.05) is 11.0 Å². The molecule has 3 aliphatic heterocycles. The second-order valence-electron chi connectivity index (χ2n) is 10.3. The molecule has 0 saturated carbocycles. The molecule has 6 rings (SSSR count). The van der Waals surface area contributed by atoms with Crippen molar-refractivity contribution in [1.82, 2.24) is 9.88 Å². The van der Waals surface area contributed by atoms with Crippen LogP contribution in [-0.4, -0.2) is 65.1 Å². The molecule has 0 aliphatic carbocycles. The third kappa shape index (κ3) is 5.24. The summed E-state index contributed by atoms with van der Waals surface area (Å²) in [5, 5.41) is -0.182. The highest BCUT2D eigenvalue weighted by atomic mass is 32.2. The van der Waals surface area contributed by atoms with Crippen molar-refractivity contribution in [3.63, 3.8) is 0 Å². The van der Waals surface area contributed by atoms with Gasteiger partial charge in [0.05, 0.1) is 28.8 Å². The van der Waals surface area contributed by atoms with Crippen molar-refractivity contribution in [2.75, 3.05) is 31.2 Å². The fraction of sp³-hybridized carbons (Fsp3) is 0.367. The molecule has 1 aromatic heterocycles. The number of hydrogen-bond acceptors (Lipinski definition) is 9. The third-order valence-electron chi connectivity index (χ3n) is 7.75. The Kier molecular flexibility index (Phi) is 7.91. The number of ether oxygens (including phenoxy) is 2. The summed E-state index contributed by atoms with van der Waals surface area (Å²) in [6.07, 6.45) is 3.11. The Hall–Kier alpha value is -3.90. The first-order valence-corrected chi connectivity index (χ1v) is 15.6. The maximum absolute atomic E-state index is 14.0. The SMILES string of the molecule is CCOC(=O)c1ccc(N2C(=O)C3Sc4[nH]c(=O)sc4C(c4cccc(OCC(=O)N5CCCCC5)c4)C3C2=O)cc1. The van der Waals surface area contributed by atoms with Gasteiger partial charge in [0.1, 0.15) is 11.0 Å². The fourth-order valence-electron chi connectivity index (χ4n) is 5.77. The molecule has 2 aromatic carbocycles. The van der Waals surface area contributed by atoms with E-state index >= 15 is 0 Å². The van der Waals surface area contributed by atoms with Crippen LogP contribution in [0.1, 0.15) is 52.9 Å². The monoisotopic (exact) mass is 607 g/mol. The fourth-order valence-corrected chi connectivity index (χ4v) is 8.28. The predicted molar refractivity (Wildman–Crippen MR) is 157 cm³/mol. The van der Waals surface area contributed by atoms with Gasteiger partial charge in [0.15, 0.2) is 6.61 Å². The minimum atomic E-state index is -0.767. The van der Waals surface area contributed by atoms with Gasteiger partial charge in [0.2, 0.25) is 11.8 Å². The van der Waals surface area contributed by atoms with Crippen LogP contribution in [-0.2, 0) is 19.1 Å². The van der Waals surface area contributed by atoms with E-state index in [9.17, 15) is 24.0 Å². The van der Waals surface area contributed by atoms with Gasteiger partial charge in [-0.05, 0) is 68.1 Å². The summed E-state index contributed by atoms with van der Waals surface area (Å²) >= 11 is 2.22. The second kappa shape index (κ2) is 11.8. The lowest BCUT2D eigenvalue weighted by Crippen LogP contribution is -2.38. The van der Waals surface area contributed by atoms with Crippen molar-refractivity contribution in [2.24, 2.45) is 5.92 Å². The number of thioether (sulfide) groups is 1. The number of amides is 3. The molecular weight excluding hydrogens is 578 g/mol. The first-order valence-electron chi connectivity index (χ1n) is 13.9. The molecule has 3 atom stereocenters. The zero-order valence-corrected chi connectivity index (χ0v) is 24.5.